The second-order valence-corrected chi connectivity index (χ2v) is 14.6. The van der Waals surface area contributed by atoms with Crippen LogP contribution in [0, 0.1) is 18.6 Å². The van der Waals surface area contributed by atoms with Crippen molar-refractivity contribution in [3.8, 4) is 22.7 Å². The SMILES string of the molecule is C=CC(=O)N1CCN(c2nc(=O)n(-c3c(C)ccnc3S(C)(=O)=O)c3nc(-c4c(O)cccc4F)c(F)cc23)[Si@@H](C)C1. The zero-order chi connectivity index (χ0) is 30.5. The molecule has 1 aromatic carbocycles. The third kappa shape index (κ3) is 4.94. The Bertz CT molecular complexity index is 1930. The maximum atomic E-state index is 15.8. The number of anilines is 1. The summed E-state index contributed by atoms with van der Waals surface area (Å²) in [7, 11) is -5.99. The molecule has 0 saturated carbocycles. The molecule has 0 radical (unpaired) electrons. The summed E-state index contributed by atoms with van der Waals surface area (Å²) in [5.74, 6) is -2.67. The van der Waals surface area contributed by atoms with Crippen molar-refractivity contribution in [2.75, 3.05) is 30.1 Å². The molecule has 0 spiro atoms. The van der Waals surface area contributed by atoms with Gasteiger partial charge >= 0.3 is 5.69 Å². The van der Waals surface area contributed by atoms with E-state index in [0.717, 1.165) is 23.0 Å². The van der Waals surface area contributed by atoms with Crippen molar-refractivity contribution in [2.45, 2.75) is 18.5 Å². The molecule has 1 aliphatic rings. The van der Waals surface area contributed by atoms with Gasteiger partial charge in [0.05, 0.1) is 16.6 Å². The lowest BCUT2D eigenvalue weighted by molar-refractivity contribution is -0.125. The van der Waals surface area contributed by atoms with Gasteiger partial charge in [0, 0.05) is 31.7 Å². The van der Waals surface area contributed by atoms with Crippen molar-refractivity contribution in [1.82, 2.24) is 24.4 Å². The Labute approximate surface area is 241 Å². The quantitative estimate of drug-likeness (QED) is 0.266. The van der Waals surface area contributed by atoms with Crippen molar-refractivity contribution in [3.05, 3.63) is 76.9 Å². The lowest BCUT2D eigenvalue weighted by Gasteiger charge is -2.40. The molecule has 1 aliphatic heterocycles. The minimum Gasteiger partial charge on any atom is -0.507 e. The van der Waals surface area contributed by atoms with Gasteiger partial charge in [-0.25, -0.2) is 36.5 Å². The Kier molecular flexibility index (Phi) is 7.40. The van der Waals surface area contributed by atoms with Crippen LogP contribution in [0.3, 0.4) is 0 Å². The Morgan fingerprint density at radius 3 is 2.55 bits per heavy atom. The summed E-state index contributed by atoms with van der Waals surface area (Å²) < 4.78 is 58.9. The minimum atomic E-state index is -3.98. The van der Waals surface area contributed by atoms with Gasteiger partial charge in [0.1, 0.15) is 23.1 Å². The third-order valence-electron chi connectivity index (χ3n) is 7.08. The van der Waals surface area contributed by atoms with Crippen molar-refractivity contribution < 1.29 is 27.1 Å². The van der Waals surface area contributed by atoms with Gasteiger partial charge in [-0.3, -0.25) is 4.79 Å². The van der Waals surface area contributed by atoms with E-state index in [0.29, 0.717) is 18.3 Å². The molecule has 1 saturated heterocycles. The molecule has 1 atom stereocenters. The number of aryl methyl sites for hydroxylation is 1. The van der Waals surface area contributed by atoms with E-state index in [9.17, 15) is 27.5 Å². The van der Waals surface area contributed by atoms with Gasteiger partial charge in [-0.2, -0.15) is 4.98 Å². The van der Waals surface area contributed by atoms with Gasteiger partial charge in [0.15, 0.2) is 35.3 Å². The molecule has 4 aromatic rings. The largest absolute Gasteiger partial charge is 0.507 e. The van der Waals surface area contributed by atoms with Crippen molar-refractivity contribution in [2.24, 2.45) is 0 Å². The number of aromatic nitrogens is 4. The maximum absolute atomic E-state index is 15.8. The lowest BCUT2D eigenvalue weighted by atomic mass is 10.1. The van der Waals surface area contributed by atoms with E-state index in [1.807, 2.05) is 11.1 Å². The number of phenols is 1. The second kappa shape index (κ2) is 10.7. The zero-order valence-corrected chi connectivity index (χ0v) is 24.8. The molecular formula is C27H26F2N6O5SSi. The summed E-state index contributed by atoms with van der Waals surface area (Å²) in [6.07, 6.45) is 3.83. The van der Waals surface area contributed by atoms with E-state index >= 15 is 4.39 Å². The number of amides is 1. The highest BCUT2D eigenvalue weighted by atomic mass is 32.2. The van der Waals surface area contributed by atoms with E-state index < -0.39 is 58.2 Å². The lowest BCUT2D eigenvalue weighted by Crippen LogP contribution is -2.57. The van der Waals surface area contributed by atoms with Crippen LogP contribution in [0.15, 0.2) is 59.0 Å². The number of hydrogen-bond donors (Lipinski definition) is 1. The minimum absolute atomic E-state index is 0.0530. The van der Waals surface area contributed by atoms with Crippen LogP contribution >= 0.6 is 0 Å². The average molecular weight is 613 g/mol. The number of aromatic hydroxyl groups is 1. The molecule has 1 amide bonds. The number of carbonyl (C=O) groups is 1. The van der Waals surface area contributed by atoms with E-state index in [1.54, 1.807) is 11.8 Å². The summed E-state index contributed by atoms with van der Waals surface area (Å²) in [6, 6.07) is 5.96. The van der Waals surface area contributed by atoms with Gasteiger partial charge in [0.2, 0.25) is 5.91 Å². The van der Waals surface area contributed by atoms with Gasteiger partial charge < -0.3 is 14.6 Å². The van der Waals surface area contributed by atoms with E-state index in [1.165, 1.54) is 30.5 Å². The molecule has 3 aromatic heterocycles. The fraction of sp³-hybridized carbons (Fsp3) is 0.222. The van der Waals surface area contributed by atoms with Crippen LogP contribution in [-0.2, 0) is 14.6 Å². The van der Waals surface area contributed by atoms with Crippen LogP contribution in [-0.4, -0.2) is 78.3 Å². The van der Waals surface area contributed by atoms with Crippen LogP contribution in [0.25, 0.3) is 28.0 Å². The van der Waals surface area contributed by atoms with Crippen molar-refractivity contribution >= 4 is 41.6 Å². The Morgan fingerprint density at radius 2 is 1.90 bits per heavy atom. The molecule has 218 valence electrons. The smallest absolute Gasteiger partial charge is 0.355 e. The Balaban J connectivity index is 1.86. The second-order valence-electron chi connectivity index (χ2n) is 9.96. The molecule has 42 heavy (non-hydrogen) atoms. The molecular weight excluding hydrogens is 586 g/mol. The highest BCUT2D eigenvalue weighted by molar-refractivity contribution is 7.90. The number of hydrogen-bond acceptors (Lipinski definition) is 9. The van der Waals surface area contributed by atoms with Gasteiger partial charge in [-0.15, -0.1) is 0 Å². The van der Waals surface area contributed by atoms with Crippen molar-refractivity contribution in [3.63, 3.8) is 0 Å². The van der Waals surface area contributed by atoms with Gasteiger partial charge in [-0.1, -0.05) is 19.2 Å². The first-order chi connectivity index (χ1) is 19.8. The molecule has 1 fully saturated rings. The van der Waals surface area contributed by atoms with Crippen LogP contribution in [0.4, 0.5) is 14.6 Å². The zero-order valence-electron chi connectivity index (χ0n) is 22.9. The van der Waals surface area contributed by atoms with Gasteiger partial charge in [0.25, 0.3) is 0 Å². The van der Waals surface area contributed by atoms with Crippen LogP contribution in [0.1, 0.15) is 5.56 Å². The first-order valence-electron chi connectivity index (χ1n) is 12.8. The molecule has 4 heterocycles. The summed E-state index contributed by atoms with van der Waals surface area (Å²) >= 11 is 0. The highest BCUT2D eigenvalue weighted by Gasteiger charge is 2.32. The first kappa shape index (κ1) is 29.0. The summed E-state index contributed by atoms with van der Waals surface area (Å²) in [6.45, 7) is 7.61. The number of halogens is 2. The number of carbonyl (C=O) groups excluding carboxylic acids is 1. The fourth-order valence-electron chi connectivity index (χ4n) is 5.12. The predicted molar refractivity (Wildman–Crippen MR) is 155 cm³/mol. The number of benzene rings is 1. The predicted octanol–water partition coefficient (Wildman–Crippen LogP) is 2.27. The number of rotatable bonds is 5. The summed E-state index contributed by atoms with van der Waals surface area (Å²) in [5.41, 5.74) is -2.05. The standard InChI is InChI=1S/C27H26F2N6O5SSi/c1-5-20(37)33-11-12-34(42(4)14-33)24-16-13-18(29)22(21-17(28)7-6-8-19(21)36)31-25(16)35(27(38)32-24)23-15(2)9-10-30-26(23)41(3,39)40/h5-10,13,36,42H,1,11-12,14H2,2-4H3/t42-/m0/s1. The molecule has 5 rings (SSSR count). The number of nitrogens with zero attached hydrogens (tertiary/aromatic N) is 6. The summed E-state index contributed by atoms with van der Waals surface area (Å²) in [4.78, 5) is 40.3. The highest BCUT2D eigenvalue weighted by Crippen LogP contribution is 2.36. The fourth-order valence-corrected chi connectivity index (χ4v) is 8.34. The van der Waals surface area contributed by atoms with Crippen LogP contribution in [0.2, 0.25) is 6.55 Å². The first-order valence-corrected chi connectivity index (χ1v) is 17.2. The van der Waals surface area contributed by atoms with E-state index in [2.05, 4.69) is 21.5 Å². The maximum Gasteiger partial charge on any atom is 0.355 e. The van der Waals surface area contributed by atoms with Crippen molar-refractivity contribution in [1.29, 1.82) is 0 Å². The topological polar surface area (TPSA) is 139 Å². The molecule has 11 nitrogen and oxygen atoms in total. The number of phenolic OH excluding ortho intramolecular Hbond substituents is 1. The monoisotopic (exact) mass is 612 g/mol. The molecule has 0 unspecified atom stereocenters. The Hall–Kier alpha value is -4.50. The molecule has 0 bridgehead atoms. The third-order valence-corrected chi connectivity index (χ3v) is 10.6. The molecule has 0 aliphatic carbocycles. The average Bonchev–Trinajstić information content (AvgIpc) is 2.92. The van der Waals surface area contributed by atoms with Crippen LogP contribution in [0.5, 0.6) is 5.75 Å². The van der Waals surface area contributed by atoms with Gasteiger partial charge in [-0.05, 0) is 42.8 Å². The number of pyridine rings is 2. The normalized spacial score (nSPS) is 15.7. The van der Waals surface area contributed by atoms with E-state index in [-0.39, 0.29) is 35.0 Å². The molecule has 15 heteroatoms. The number of sulfone groups is 1. The molecule has 1 N–H and O–H groups in total. The Morgan fingerprint density at radius 1 is 1.17 bits per heavy atom. The number of fused-ring (bicyclic) bond motifs is 1. The summed E-state index contributed by atoms with van der Waals surface area (Å²) in [5, 5.41) is 10.0. The van der Waals surface area contributed by atoms with Crippen LogP contribution < -0.4 is 10.3 Å². The van der Waals surface area contributed by atoms with E-state index in [4.69, 9.17) is 0 Å².